The van der Waals surface area contributed by atoms with Crippen molar-refractivity contribution in [3.05, 3.63) is 116 Å². The molecule has 1 aliphatic carbocycles. The number of phenols is 1. The molecule has 0 saturated heterocycles. The van der Waals surface area contributed by atoms with Crippen molar-refractivity contribution in [3.63, 3.8) is 0 Å². The van der Waals surface area contributed by atoms with Crippen molar-refractivity contribution >= 4 is 21.6 Å². The normalized spacial score (nSPS) is 16.0. The van der Waals surface area contributed by atoms with Crippen LogP contribution in [0.3, 0.4) is 0 Å². The lowest BCUT2D eigenvalue weighted by atomic mass is 9.73. The van der Waals surface area contributed by atoms with E-state index in [2.05, 4.69) is 44.9 Å². The van der Waals surface area contributed by atoms with Gasteiger partial charge in [-0.25, -0.2) is 4.98 Å². The second-order valence-corrected chi connectivity index (χ2v) is 13.2. The van der Waals surface area contributed by atoms with Crippen LogP contribution in [0.2, 0.25) is 0 Å². The quantitative estimate of drug-likeness (QED) is 0.0897. The topological polar surface area (TPSA) is 144 Å². The van der Waals surface area contributed by atoms with E-state index in [0.29, 0.717) is 54.3 Å². The summed E-state index contributed by atoms with van der Waals surface area (Å²) >= 11 is 0.989. The van der Waals surface area contributed by atoms with Crippen LogP contribution in [-0.2, 0) is 25.0 Å². The van der Waals surface area contributed by atoms with Gasteiger partial charge in [-0.15, -0.1) is 0 Å². The zero-order valence-electron chi connectivity index (χ0n) is 25.9. The number of hydrogen-bond donors (Lipinski definition) is 6. The summed E-state index contributed by atoms with van der Waals surface area (Å²) in [6, 6.07) is 21.4. The Morgan fingerprint density at radius 1 is 0.978 bits per heavy atom. The maximum Gasteiger partial charge on any atom is 0.305 e. The molecule has 2 heterocycles. The lowest BCUT2D eigenvalue weighted by Gasteiger charge is -2.36. The fourth-order valence-electron chi connectivity index (χ4n) is 6.57. The molecule has 0 bridgehead atoms. The molecule has 10 heteroatoms. The van der Waals surface area contributed by atoms with Crippen LogP contribution < -0.4 is 15.5 Å². The van der Waals surface area contributed by atoms with Crippen LogP contribution in [0, 0.1) is 5.92 Å². The fraction of sp³-hybridized carbons (Fsp3) is 0.389. The monoisotopic (exact) mass is 642 g/mol. The highest BCUT2D eigenvalue weighted by Gasteiger charge is 2.44. The summed E-state index contributed by atoms with van der Waals surface area (Å²) in [6.07, 6.45) is 7.78. The number of aliphatic hydroxyl groups is 2. The number of aliphatic hydroxyl groups excluding tert-OH is 1. The molecule has 0 aliphatic heterocycles. The molecule has 1 aliphatic rings. The molecule has 0 amide bonds. The number of fused-ring (bicyclic) bond motifs is 1. The number of benzene rings is 3. The Labute approximate surface area is 272 Å². The largest absolute Gasteiger partial charge is 0.506 e. The molecule has 46 heavy (non-hydrogen) atoms. The predicted octanol–water partition coefficient (Wildman–Crippen LogP) is 5.30. The molecule has 6 N–H and O–H groups in total. The van der Waals surface area contributed by atoms with Crippen LogP contribution in [-0.4, -0.2) is 44.9 Å². The number of thiazole rings is 1. The average Bonchev–Trinajstić information content (AvgIpc) is 3.73. The van der Waals surface area contributed by atoms with Crippen molar-refractivity contribution < 1.29 is 19.7 Å². The Bertz CT molecular complexity index is 1780. The first kappa shape index (κ1) is 32.2. The van der Waals surface area contributed by atoms with Crippen LogP contribution >= 0.6 is 11.3 Å². The Kier molecular flexibility index (Phi) is 10.3. The second kappa shape index (κ2) is 14.7. The molecule has 242 valence electrons. The van der Waals surface area contributed by atoms with Gasteiger partial charge in [-0.3, -0.25) is 4.79 Å². The van der Waals surface area contributed by atoms with Gasteiger partial charge < -0.3 is 35.4 Å². The molecule has 0 radical (unpaired) electrons. The minimum absolute atomic E-state index is 0.000180. The molecule has 0 spiro atoms. The summed E-state index contributed by atoms with van der Waals surface area (Å²) in [5.74, 6) is 1.24. The maximum atomic E-state index is 12.0. The molecule has 1 unspecified atom stereocenters. The third-order valence-electron chi connectivity index (χ3n) is 9.03. The standard InChI is InChI=1S/C36H42N4O5S/c41-30-15-14-29(33-32(30)40-35(43)46-33)31(42)23-38-18-16-24-8-7-9-25(20-24)21-37-19-17-28-22-39-34(45-28)36(44,26-10-3-1-4-11-26)27-12-5-2-6-13-27/h1,3-4,7-11,14-15,20,22,27,31,37-38,41-42,44H,2,5-6,12-13,16-19,21,23H2,(H,40,43)/t31?,36-/m0/s1. The molecule has 2 aromatic heterocycles. The number of hydrogen-bond acceptors (Lipinski definition) is 9. The van der Waals surface area contributed by atoms with Gasteiger partial charge in [0.2, 0.25) is 5.89 Å². The van der Waals surface area contributed by atoms with Crippen LogP contribution in [0.5, 0.6) is 5.75 Å². The highest BCUT2D eigenvalue weighted by Crippen LogP contribution is 2.43. The number of rotatable bonds is 14. The third-order valence-corrected chi connectivity index (χ3v) is 9.96. The first-order valence-electron chi connectivity index (χ1n) is 16.2. The van der Waals surface area contributed by atoms with Gasteiger partial charge in [0.15, 0.2) is 5.60 Å². The Balaban J connectivity index is 0.973. The van der Waals surface area contributed by atoms with Crippen molar-refractivity contribution in [3.8, 4) is 5.75 Å². The molecule has 1 saturated carbocycles. The summed E-state index contributed by atoms with van der Waals surface area (Å²) in [5, 5.41) is 39.6. The van der Waals surface area contributed by atoms with Gasteiger partial charge >= 0.3 is 4.87 Å². The van der Waals surface area contributed by atoms with Gasteiger partial charge in [0.05, 0.1) is 17.0 Å². The molecule has 6 rings (SSSR count). The van der Waals surface area contributed by atoms with Crippen molar-refractivity contribution in [1.29, 1.82) is 0 Å². The molecule has 2 atom stereocenters. The number of aromatic nitrogens is 2. The molecular formula is C36H42N4O5S. The van der Waals surface area contributed by atoms with Crippen LogP contribution in [0.25, 0.3) is 10.2 Å². The first-order chi connectivity index (χ1) is 22.4. The van der Waals surface area contributed by atoms with Gasteiger partial charge in [0.25, 0.3) is 0 Å². The number of oxazole rings is 1. The van der Waals surface area contributed by atoms with Crippen molar-refractivity contribution in [1.82, 2.24) is 20.6 Å². The molecule has 5 aromatic rings. The average molecular weight is 643 g/mol. The van der Waals surface area contributed by atoms with Gasteiger partial charge in [-0.2, -0.15) is 0 Å². The summed E-state index contributed by atoms with van der Waals surface area (Å²) < 4.78 is 6.78. The van der Waals surface area contributed by atoms with E-state index in [4.69, 9.17) is 4.42 Å². The summed E-state index contributed by atoms with van der Waals surface area (Å²) in [5.41, 5.74) is 2.99. The minimum Gasteiger partial charge on any atom is -0.506 e. The Morgan fingerprint density at radius 2 is 1.76 bits per heavy atom. The van der Waals surface area contributed by atoms with E-state index in [0.717, 1.165) is 54.8 Å². The minimum atomic E-state index is -1.22. The molecule has 9 nitrogen and oxygen atoms in total. The number of nitrogens with zero attached hydrogens (tertiary/aromatic N) is 1. The Morgan fingerprint density at radius 3 is 2.59 bits per heavy atom. The number of phenolic OH excluding ortho intramolecular Hbond substituents is 1. The van der Waals surface area contributed by atoms with Crippen LogP contribution in [0.1, 0.15) is 72.1 Å². The van der Waals surface area contributed by atoms with E-state index in [1.165, 1.54) is 23.6 Å². The van der Waals surface area contributed by atoms with Gasteiger partial charge in [-0.05, 0) is 48.6 Å². The van der Waals surface area contributed by atoms with Crippen LogP contribution in [0.4, 0.5) is 0 Å². The van der Waals surface area contributed by atoms with E-state index >= 15 is 0 Å². The molecule has 1 fully saturated rings. The molecular weight excluding hydrogens is 600 g/mol. The highest BCUT2D eigenvalue weighted by atomic mass is 32.1. The zero-order chi connectivity index (χ0) is 31.9. The van der Waals surface area contributed by atoms with Gasteiger partial charge in [0.1, 0.15) is 17.0 Å². The number of aromatic amines is 1. The number of nitrogens with one attached hydrogen (secondary N) is 3. The zero-order valence-corrected chi connectivity index (χ0v) is 26.7. The number of H-pyrrole nitrogens is 1. The second-order valence-electron chi connectivity index (χ2n) is 12.2. The van der Waals surface area contributed by atoms with E-state index in [1.54, 1.807) is 12.3 Å². The SMILES string of the molecule is O=c1[nH]c2c(O)ccc(C(O)CNCCc3cccc(CNCCc4cnc([C@](O)(c5ccccc5)C5CCCCC5)o4)c3)c2s1. The van der Waals surface area contributed by atoms with Crippen molar-refractivity contribution in [2.45, 2.75) is 63.2 Å². The third kappa shape index (κ3) is 7.27. The molecule has 3 aromatic carbocycles. The summed E-state index contributed by atoms with van der Waals surface area (Å²) in [7, 11) is 0. The van der Waals surface area contributed by atoms with Crippen LogP contribution in [0.15, 0.2) is 82.1 Å². The number of aromatic hydroxyl groups is 1. The van der Waals surface area contributed by atoms with Gasteiger partial charge in [-0.1, -0.05) is 91.3 Å². The van der Waals surface area contributed by atoms with E-state index in [1.807, 2.05) is 30.3 Å². The maximum absolute atomic E-state index is 12.0. The van der Waals surface area contributed by atoms with E-state index in [-0.39, 0.29) is 16.5 Å². The van der Waals surface area contributed by atoms with Crippen molar-refractivity contribution in [2.75, 3.05) is 19.6 Å². The van der Waals surface area contributed by atoms with E-state index in [9.17, 15) is 20.1 Å². The van der Waals surface area contributed by atoms with Gasteiger partial charge in [0, 0.05) is 37.5 Å². The lowest BCUT2D eigenvalue weighted by Crippen LogP contribution is -2.38. The first-order valence-corrected chi connectivity index (χ1v) is 17.0. The lowest BCUT2D eigenvalue weighted by molar-refractivity contribution is -0.0238. The van der Waals surface area contributed by atoms with E-state index < -0.39 is 11.7 Å². The Hall–Kier alpha value is -3.80. The summed E-state index contributed by atoms with van der Waals surface area (Å²) in [6.45, 7) is 2.45. The fourth-order valence-corrected chi connectivity index (χ4v) is 7.49. The predicted molar refractivity (Wildman–Crippen MR) is 180 cm³/mol. The highest BCUT2D eigenvalue weighted by molar-refractivity contribution is 7.16. The summed E-state index contributed by atoms with van der Waals surface area (Å²) in [4.78, 5) is 18.7. The van der Waals surface area contributed by atoms with Crippen molar-refractivity contribution in [2.24, 2.45) is 5.92 Å². The smallest absolute Gasteiger partial charge is 0.305 e.